The molecule has 1 aromatic carbocycles. The second-order valence-corrected chi connectivity index (χ2v) is 4.92. The summed E-state index contributed by atoms with van der Waals surface area (Å²) >= 11 is 1.02. The van der Waals surface area contributed by atoms with Crippen LogP contribution in [-0.4, -0.2) is 27.2 Å². The highest BCUT2D eigenvalue weighted by Gasteiger charge is 2.18. The fourth-order valence-corrected chi connectivity index (χ4v) is 1.87. The molecule has 0 saturated heterocycles. The maximum absolute atomic E-state index is 10.7. The van der Waals surface area contributed by atoms with Crippen LogP contribution in [0.1, 0.15) is 24.2 Å². The lowest BCUT2D eigenvalue weighted by molar-refractivity contribution is -0.109. The number of carbonyl (C=O) groups excluding carboxylic acids is 1. The summed E-state index contributed by atoms with van der Waals surface area (Å²) in [7, 11) is 0. The largest absolute Gasteiger partial charge is 0.389 e. The van der Waals surface area contributed by atoms with E-state index in [0.717, 1.165) is 17.3 Å². The van der Waals surface area contributed by atoms with Gasteiger partial charge in [-0.2, -0.15) is 0 Å². The van der Waals surface area contributed by atoms with Crippen LogP contribution in [-0.2, 0) is 4.79 Å². The molecule has 1 aromatic rings. The van der Waals surface area contributed by atoms with Gasteiger partial charge in [0.15, 0.2) is 5.12 Å². The van der Waals surface area contributed by atoms with Crippen LogP contribution < -0.4 is 0 Å². The summed E-state index contributed by atoms with van der Waals surface area (Å²) in [6.45, 7) is 3.40. The second kappa shape index (κ2) is 6.03. The number of carbonyl (C=O) groups is 1. The zero-order chi connectivity index (χ0) is 12.1. The number of rotatable bonds is 4. The highest BCUT2D eigenvalue weighted by Crippen LogP contribution is 2.20. The number of hydrogen-bond donors (Lipinski definition) is 2. The zero-order valence-electron chi connectivity index (χ0n) is 9.38. The summed E-state index contributed by atoms with van der Waals surface area (Å²) in [5, 5.41) is 19.4. The van der Waals surface area contributed by atoms with Crippen molar-refractivity contribution in [1.82, 2.24) is 0 Å². The molecule has 16 heavy (non-hydrogen) atoms. The molecule has 0 heterocycles. The van der Waals surface area contributed by atoms with E-state index in [4.69, 9.17) is 0 Å². The predicted molar refractivity (Wildman–Crippen MR) is 65.3 cm³/mol. The first kappa shape index (κ1) is 13.2. The second-order valence-electron chi connectivity index (χ2n) is 3.73. The Morgan fingerprint density at radius 3 is 2.38 bits per heavy atom. The van der Waals surface area contributed by atoms with Crippen molar-refractivity contribution >= 4 is 16.9 Å². The van der Waals surface area contributed by atoms with Gasteiger partial charge in [-0.05, 0) is 12.5 Å². The van der Waals surface area contributed by atoms with Crippen molar-refractivity contribution in [2.45, 2.75) is 26.1 Å². The van der Waals surface area contributed by atoms with Crippen molar-refractivity contribution < 1.29 is 15.0 Å². The Hall–Kier alpha value is -0.840. The van der Waals surface area contributed by atoms with Crippen molar-refractivity contribution in [3.63, 3.8) is 0 Å². The average Bonchev–Trinajstić information content (AvgIpc) is 2.26. The number of aliphatic hydroxyl groups excluding tert-OH is 2. The number of benzene rings is 1. The molecular weight excluding hydrogens is 224 g/mol. The summed E-state index contributed by atoms with van der Waals surface area (Å²) in [6.07, 6.45) is -1.86. The van der Waals surface area contributed by atoms with Crippen LogP contribution in [0.3, 0.4) is 0 Å². The standard InChI is InChI=1S/C12H16O3S/c1-8-3-5-10(6-4-8)12(15)11(14)7-16-9(2)13/h3-6,11-12,14-15H,7H2,1-2H3. The Labute approximate surface area is 99.5 Å². The van der Waals surface area contributed by atoms with Gasteiger partial charge in [0.05, 0.1) is 6.10 Å². The third-order valence-corrected chi connectivity index (χ3v) is 3.16. The topological polar surface area (TPSA) is 57.5 Å². The van der Waals surface area contributed by atoms with Crippen LogP contribution in [0.4, 0.5) is 0 Å². The first-order chi connectivity index (χ1) is 7.50. The third kappa shape index (κ3) is 3.96. The molecule has 0 saturated carbocycles. The molecule has 3 nitrogen and oxygen atoms in total. The van der Waals surface area contributed by atoms with Gasteiger partial charge in [-0.15, -0.1) is 0 Å². The van der Waals surface area contributed by atoms with Crippen LogP contribution >= 0.6 is 11.8 Å². The highest BCUT2D eigenvalue weighted by molar-refractivity contribution is 8.13. The molecule has 0 radical (unpaired) electrons. The Morgan fingerprint density at radius 2 is 1.88 bits per heavy atom. The summed E-state index contributed by atoms with van der Waals surface area (Å²) in [6, 6.07) is 7.32. The summed E-state index contributed by atoms with van der Waals surface area (Å²) < 4.78 is 0. The zero-order valence-corrected chi connectivity index (χ0v) is 10.2. The highest BCUT2D eigenvalue weighted by atomic mass is 32.2. The number of thioether (sulfide) groups is 1. The lowest BCUT2D eigenvalue weighted by atomic mass is 10.0. The lowest BCUT2D eigenvalue weighted by Gasteiger charge is -2.17. The molecule has 2 atom stereocenters. The molecule has 2 N–H and O–H groups in total. The Balaban J connectivity index is 2.59. The smallest absolute Gasteiger partial charge is 0.185 e. The fraction of sp³-hybridized carbons (Fsp3) is 0.417. The van der Waals surface area contributed by atoms with Crippen LogP contribution in [0, 0.1) is 6.92 Å². The fourth-order valence-electron chi connectivity index (χ4n) is 1.28. The third-order valence-electron chi connectivity index (χ3n) is 2.24. The van der Waals surface area contributed by atoms with E-state index < -0.39 is 12.2 Å². The Morgan fingerprint density at radius 1 is 1.31 bits per heavy atom. The average molecular weight is 240 g/mol. The molecule has 88 valence electrons. The first-order valence-electron chi connectivity index (χ1n) is 5.06. The van der Waals surface area contributed by atoms with E-state index in [-0.39, 0.29) is 10.9 Å². The van der Waals surface area contributed by atoms with Crippen molar-refractivity contribution in [1.29, 1.82) is 0 Å². The summed E-state index contributed by atoms with van der Waals surface area (Å²) in [5.41, 5.74) is 1.77. The van der Waals surface area contributed by atoms with Gasteiger partial charge in [0.1, 0.15) is 6.10 Å². The number of aryl methyl sites for hydroxylation is 1. The predicted octanol–water partition coefficient (Wildman–Crippen LogP) is 1.67. The molecule has 0 aromatic heterocycles. The van der Waals surface area contributed by atoms with Gasteiger partial charge in [-0.25, -0.2) is 0 Å². The Bertz CT molecular complexity index is 348. The van der Waals surface area contributed by atoms with Crippen molar-refractivity contribution in [3.8, 4) is 0 Å². The molecule has 2 unspecified atom stereocenters. The molecule has 1 rings (SSSR count). The van der Waals surface area contributed by atoms with Gasteiger partial charge in [-0.1, -0.05) is 41.6 Å². The van der Waals surface area contributed by atoms with E-state index >= 15 is 0 Å². The van der Waals surface area contributed by atoms with Gasteiger partial charge in [0, 0.05) is 12.7 Å². The van der Waals surface area contributed by atoms with Crippen LogP contribution in [0.15, 0.2) is 24.3 Å². The maximum atomic E-state index is 10.7. The van der Waals surface area contributed by atoms with E-state index in [9.17, 15) is 15.0 Å². The van der Waals surface area contributed by atoms with Crippen LogP contribution in [0.25, 0.3) is 0 Å². The van der Waals surface area contributed by atoms with E-state index in [1.54, 1.807) is 12.1 Å². The van der Waals surface area contributed by atoms with Crippen LogP contribution in [0.2, 0.25) is 0 Å². The van der Waals surface area contributed by atoms with Gasteiger partial charge < -0.3 is 10.2 Å². The normalized spacial score (nSPS) is 14.5. The molecule has 0 amide bonds. The summed E-state index contributed by atoms with van der Waals surface area (Å²) in [4.78, 5) is 10.7. The van der Waals surface area contributed by atoms with Crippen LogP contribution in [0.5, 0.6) is 0 Å². The molecule has 4 heteroatoms. The first-order valence-corrected chi connectivity index (χ1v) is 6.05. The van der Waals surface area contributed by atoms with E-state index in [2.05, 4.69) is 0 Å². The minimum atomic E-state index is -0.938. The number of aliphatic hydroxyl groups is 2. The monoisotopic (exact) mass is 240 g/mol. The van der Waals surface area contributed by atoms with Crippen molar-refractivity contribution in [2.24, 2.45) is 0 Å². The van der Waals surface area contributed by atoms with E-state index in [1.807, 2.05) is 19.1 Å². The van der Waals surface area contributed by atoms with Gasteiger partial charge in [0.25, 0.3) is 0 Å². The molecular formula is C12H16O3S. The Kier molecular flexibility index (Phi) is 4.99. The molecule has 0 aliphatic heterocycles. The molecule has 0 spiro atoms. The van der Waals surface area contributed by atoms with Crippen molar-refractivity contribution in [3.05, 3.63) is 35.4 Å². The van der Waals surface area contributed by atoms with E-state index in [1.165, 1.54) is 6.92 Å². The van der Waals surface area contributed by atoms with E-state index in [0.29, 0.717) is 5.56 Å². The molecule has 0 aliphatic carbocycles. The summed E-state index contributed by atoms with van der Waals surface area (Å²) in [5.74, 6) is 0.213. The minimum Gasteiger partial charge on any atom is -0.389 e. The molecule has 0 fully saturated rings. The molecule has 0 bridgehead atoms. The maximum Gasteiger partial charge on any atom is 0.185 e. The number of hydrogen-bond acceptors (Lipinski definition) is 4. The van der Waals surface area contributed by atoms with Gasteiger partial charge in [0.2, 0.25) is 0 Å². The van der Waals surface area contributed by atoms with Gasteiger partial charge >= 0.3 is 0 Å². The van der Waals surface area contributed by atoms with Crippen molar-refractivity contribution in [2.75, 3.05) is 5.75 Å². The van der Waals surface area contributed by atoms with Gasteiger partial charge in [-0.3, -0.25) is 4.79 Å². The SMILES string of the molecule is CC(=O)SCC(O)C(O)c1ccc(C)cc1. The molecule has 0 aliphatic rings. The lowest BCUT2D eigenvalue weighted by Crippen LogP contribution is -2.21. The minimum absolute atomic E-state index is 0.0600. The quantitative estimate of drug-likeness (QED) is 0.840.